The summed E-state index contributed by atoms with van der Waals surface area (Å²) in [6.07, 6.45) is 12.0. The van der Waals surface area contributed by atoms with Crippen LogP contribution in [0.3, 0.4) is 0 Å². The van der Waals surface area contributed by atoms with Crippen molar-refractivity contribution < 1.29 is 0 Å². The van der Waals surface area contributed by atoms with E-state index >= 15 is 0 Å². The maximum absolute atomic E-state index is 4.95. The van der Waals surface area contributed by atoms with Crippen LogP contribution in [0.15, 0.2) is 0 Å². The Labute approximate surface area is 387 Å². The molecule has 10 N–H and O–H groups in total. The fourth-order valence-corrected chi connectivity index (χ4v) is 12.6. The Hall–Kier alpha value is -3.34. The predicted octanol–water partition coefficient (Wildman–Crippen LogP) is 8.03. The molecule has 0 radical (unpaired) electrons. The molecule has 0 bridgehead atoms. The lowest BCUT2D eigenvalue weighted by atomic mass is 9.79. The van der Waals surface area contributed by atoms with Crippen molar-refractivity contribution >= 4 is 35.7 Å². The lowest BCUT2D eigenvalue weighted by Gasteiger charge is -2.47. The predicted molar refractivity (Wildman–Crippen MR) is 267 cm³/mol. The molecule has 64 heavy (non-hydrogen) atoms. The van der Waals surface area contributed by atoms with Gasteiger partial charge in [0, 0.05) is 81.6 Å². The summed E-state index contributed by atoms with van der Waals surface area (Å²) in [5, 5.41) is 37.1. The van der Waals surface area contributed by atoms with Gasteiger partial charge in [0.05, 0.1) is 0 Å². The molecule has 362 valence electrons. The lowest BCUT2D eigenvalue weighted by molar-refractivity contribution is 0.169. The van der Waals surface area contributed by atoms with Crippen molar-refractivity contribution in [3.8, 4) is 0 Å². The van der Waals surface area contributed by atoms with E-state index in [9.17, 15) is 0 Å². The van der Waals surface area contributed by atoms with Gasteiger partial charge in [-0.25, -0.2) is 0 Å². The van der Waals surface area contributed by atoms with Crippen LogP contribution in [0.25, 0.3) is 0 Å². The number of anilines is 6. The number of aromatic nitrogens is 6. The largest absolute Gasteiger partial charge is 0.354 e. The van der Waals surface area contributed by atoms with E-state index in [0.29, 0.717) is 35.7 Å². The van der Waals surface area contributed by atoms with Gasteiger partial charge in [-0.3, -0.25) is 0 Å². The molecule has 0 aliphatic carbocycles. The fraction of sp³-hybridized carbons (Fsp3) is 0.875. The zero-order valence-corrected chi connectivity index (χ0v) is 42.9. The standard InChI is InChI=1S/C48H90N16/c1-41(2)23-31(24-42(3,4)61-41)51-37-55-35(56-38(59-37)52-32-25-43(5,6)62-44(7,8)26-32)49-21-19-17-18-20-22-50-36-57-39(53-33-27-45(9,10)63-46(11,12)28-33)60-40(58-36)54-34-29-47(13,14)64-48(15,16)30-34/h31-34,61-64H,17-30H2,1-16H3,(H3,49,51,52,55,56,59)(H3,50,53,54,57,58,60). The first-order valence-corrected chi connectivity index (χ1v) is 24.6. The molecule has 6 rings (SSSR count). The lowest BCUT2D eigenvalue weighted by Crippen LogP contribution is -2.60. The highest BCUT2D eigenvalue weighted by Gasteiger charge is 2.41. The van der Waals surface area contributed by atoms with E-state index in [1.165, 1.54) is 0 Å². The summed E-state index contributed by atoms with van der Waals surface area (Å²) in [5.41, 5.74) is 0.0469. The molecule has 0 atom stereocenters. The zero-order valence-electron chi connectivity index (χ0n) is 42.9. The van der Waals surface area contributed by atoms with E-state index < -0.39 is 0 Å². The van der Waals surface area contributed by atoms with Crippen molar-refractivity contribution in [3.05, 3.63) is 0 Å². The summed E-state index contributed by atoms with van der Waals surface area (Å²) in [6.45, 7) is 37.9. The molecule has 4 fully saturated rings. The molecule has 0 unspecified atom stereocenters. The first-order valence-electron chi connectivity index (χ1n) is 24.6. The van der Waals surface area contributed by atoms with Crippen molar-refractivity contribution in [2.45, 2.75) is 256 Å². The van der Waals surface area contributed by atoms with E-state index in [-0.39, 0.29) is 68.5 Å². The molecule has 2 aromatic rings. The fourth-order valence-electron chi connectivity index (χ4n) is 12.6. The van der Waals surface area contributed by atoms with Crippen LogP contribution >= 0.6 is 0 Å². The van der Waals surface area contributed by atoms with Gasteiger partial charge in [0.15, 0.2) is 0 Å². The van der Waals surface area contributed by atoms with Gasteiger partial charge in [-0.2, -0.15) is 29.9 Å². The first kappa shape index (κ1) is 50.1. The van der Waals surface area contributed by atoms with E-state index in [0.717, 1.165) is 90.1 Å². The molecule has 0 aromatic carbocycles. The summed E-state index contributed by atoms with van der Waals surface area (Å²) >= 11 is 0. The van der Waals surface area contributed by atoms with Crippen LogP contribution in [0, 0.1) is 0 Å². The maximum Gasteiger partial charge on any atom is 0.229 e. The third kappa shape index (κ3) is 15.6. The van der Waals surface area contributed by atoms with Gasteiger partial charge in [-0.15, -0.1) is 0 Å². The minimum absolute atomic E-state index is 0.00586. The molecule has 16 nitrogen and oxygen atoms in total. The van der Waals surface area contributed by atoms with Crippen LogP contribution in [0.2, 0.25) is 0 Å². The molecule has 0 amide bonds. The second-order valence-electron chi connectivity index (χ2n) is 25.4. The van der Waals surface area contributed by atoms with Crippen LogP contribution in [0.1, 0.15) is 188 Å². The van der Waals surface area contributed by atoms with Crippen LogP contribution < -0.4 is 53.2 Å². The number of nitrogens with one attached hydrogen (secondary N) is 10. The molecule has 16 heteroatoms. The molecular weight excluding hydrogens is 801 g/mol. The quantitative estimate of drug-likeness (QED) is 0.0685. The summed E-state index contributed by atoms with van der Waals surface area (Å²) in [4.78, 5) is 29.5. The highest BCUT2D eigenvalue weighted by Crippen LogP contribution is 2.34. The highest BCUT2D eigenvalue weighted by atomic mass is 15.3. The second-order valence-corrected chi connectivity index (χ2v) is 25.4. The topological polar surface area (TPSA) is 198 Å². The Morgan fingerprint density at radius 1 is 0.312 bits per heavy atom. The van der Waals surface area contributed by atoms with E-state index in [2.05, 4.69) is 164 Å². The molecule has 4 saturated heterocycles. The maximum atomic E-state index is 4.95. The van der Waals surface area contributed by atoms with Crippen molar-refractivity contribution in [1.29, 1.82) is 0 Å². The Kier molecular flexibility index (Phi) is 14.7. The number of piperidine rings is 4. The number of nitrogens with zero attached hydrogens (tertiary/aromatic N) is 6. The Balaban J connectivity index is 1.05. The molecule has 2 aromatic heterocycles. The molecule has 6 heterocycles. The number of hydrogen-bond acceptors (Lipinski definition) is 16. The van der Waals surface area contributed by atoms with Crippen molar-refractivity contribution in [1.82, 2.24) is 51.2 Å². The first-order chi connectivity index (χ1) is 29.4. The SMILES string of the molecule is CC1(C)CC(Nc2nc(NCCCCCCNc3nc(NC4CC(C)(C)NC(C)(C)C4)nc(NC4CC(C)(C)NC(C)(C)C4)n3)nc(NC3CC(C)(C)NC(C)(C)C3)n2)CC(C)(C)N1. The second kappa shape index (κ2) is 18.7. The van der Waals surface area contributed by atoms with Crippen LogP contribution in [0.5, 0.6) is 0 Å². The molecule has 4 aliphatic rings. The summed E-state index contributed by atoms with van der Waals surface area (Å²) in [5.74, 6) is 3.72. The minimum atomic E-state index is 0.00586. The van der Waals surface area contributed by atoms with E-state index in [1.54, 1.807) is 0 Å². The van der Waals surface area contributed by atoms with Gasteiger partial charge in [0.2, 0.25) is 35.7 Å². The monoisotopic (exact) mass is 891 g/mol. The van der Waals surface area contributed by atoms with Crippen LogP contribution in [-0.4, -0.2) is 111 Å². The summed E-state index contributed by atoms with van der Waals surface area (Å²) in [6, 6.07) is 0.968. The van der Waals surface area contributed by atoms with Gasteiger partial charge in [-0.05, 0) is 175 Å². The normalized spacial score (nSPS) is 24.9. The van der Waals surface area contributed by atoms with E-state index in [4.69, 9.17) is 29.9 Å². The van der Waals surface area contributed by atoms with Gasteiger partial charge in [0.25, 0.3) is 0 Å². The number of rotatable bonds is 17. The third-order valence-electron chi connectivity index (χ3n) is 13.0. The average Bonchev–Trinajstić information content (AvgIpc) is 3.03. The van der Waals surface area contributed by atoms with Crippen molar-refractivity contribution in [2.75, 3.05) is 45.0 Å². The van der Waals surface area contributed by atoms with Gasteiger partial charge < -0.3 is 53.2 Å². The number of hydrogen-bond donors (Lipinski definition) is 10. The smallest absolute Gasteiger partial charge is 0.229 e. The van der Waals surface area contributed by atoms with Gasteiger partial charge in [0.1, 0.15) is 0 Å². The van der Waals surface area contributed by atoms with Gasteiger partial charge in [-0.1, -0.05) is 12.8 Å². The third-order valence-corrected chi connectivity index (χ3v) is 13.0. The van der Waals surface area contributed by atoms with Crippen LogP contribution in [-0.2, 0) is 0 Å². The molecule has 4 aliphatic heterocycles. The van der Waals surface area contributed by atoms with E-state index in [1.807, 2.05) is 0 Å². The average molecular weight is 891 g/mol. The summed E-state index contributed by atoms with van der Waals surface area (Å²) < 4.78 is 0. The Morgan fingerprint density at radius 3 is 0.703 bits per heavy atom. The van der Waals surface area contributed by atoms with Crippen LogP contribution in [0.4, 0.5) is 35.7 Å². The van der Waals surface area contributed by atoms with Crippen molar-refractivity contribution in [3.63, 3.8) is 0 Å². The molecule has 0 saturated carbocycles. The van der Waals surface area contributed by atoms with Crippen molar-refractivity contribution in [2.24, 2.45) is 0 Å². The molecule has 0 spiro atoms. The Bertz CT molecular complexity index is 1560. The van der Waals surface area contributed by atoms with Gasteiger partial charge >= 0.3 is 0 Å². The molecular formula is C48H90N16. The summed E-state index contributed by atoms with van der Waals surface area (Å²) in [7, 11) is 0. The zero-order chi connectivity index (χ0) is 47.0. The Morgan fingerprint density at radius 2 is 0.500 bits per heavy atom. The number of unbranched alkanes of at least 4 members (excludes halogenated alkanes) is 3. The highest BCUT2D eigenvalue weighted by molar-refractivity contribution is 5.45. The minimum Gasteiger partial charge on any atom is -0.354 e.